The zero-order valence-electron chi connectivity index (χ0n) is 19.1. The van der Waals surface area contributed by atoms with Gasteiger partial charge >= 0.3 is 0 Å². The van der Waals surface area contributed by atoms with Gasteiger partial charge in [0, 0.05) is 23.5 Å². The molecule has 4 rings (SSSR count). The van der Waals surface area contributed by atoms with Crippen molar-refractivity contribution in [2.45, 2.75) is 32.9 Å². The number of nitrogens with zero attached hydrogens (tertiary/aromatic N) is 1. The van der Waals surface area contributed by atoms with Crippen molar-refractivity contribution >= 4 is 0 Å². The van der Waals surface area contributed by atoms with Gasteiger partial charge in [0.1, 0.15) is 5.75 Å². The fraction of sp³-hybridized carbons (Fsp3) is 0.500. The summed E-state index contributed by atoms with van der Waals surface area (Å²) in [4.78, 5) is 2.34. The molecule has 2 aliphatic rings. The van der Waals surface area contributed by atoms with Gasteiger partial charge in [-0.2, -0.15) is 0 Å². The number of hydrogen-bond acceptors (Lipinski definition) is 7. The predicted molar refractivity (Wildman–Crippen MR) is 117 cm³/mol. The van der Waals surface area contributed by atoms with E-state index in [0.29, 0.717) is 17.2 Å². The monoisotopic (exact) mass is 429 g/mol. The van der Waals surface area contributed by atoms with E-state index in [0.717, 1.165) is 41.5 Å². The predicted octanol–water partition coefficient (Wildman–Crippen LogP) is 4.27. The molecule has 3 atom stereocenters. The Balaban J connectivity index is 1.89. The van der Waals surface area contributed by atoms with Gasteiger partial charge in [0.2, 0.25) is 12.5 Å². The van der Waals surface area contributed by atoms with E-state index >= 15 is 0 Å². The van der Waals surface area contributed by atoms with Gasteiger partial charge in [0.15, 0.2) is 29.2 Å². The van der Waals surface area contributed by atoms with E-state index in [1.54, 1.807) is 21.3 Å². The van der Waals surface area contributed by atoms with E-state index in [1.165, 1.54) is 0 Å². The van der Waals surface area contributed by atoms with Crippen LogP contribution < -0.4 is 28.4 Å². The molecular formula is C24H31NO6. The van der Waals surface area contributed by atoms with E-state index in [2.05, 4.69) is 25.7 Å². The molecule has 0 N–H and O–H groups in total. The van der Waals surface area contributed by atoms with Crippen molar-refractivity contribution < 1.29 is 28.4 Å². The number of ether oxygens (including phenoxy) is 6. The lowest BCUT2D eigenvalue weighted by atomic mass is 9.78. The number of fused-ring (bicyclic) bond motifs is 2. The Morgan fingerprint density at radius 2 is 1.48 bits per heavy atom. The largest absolute Gasteiger partial charge is 0.493 e. The number of benzene rings is 2. The van der Waals surface area contributed by atoms with Crippen LogP contribution in [0.4, 0.5) is 0 Å². The summed E-state index contributed by atoms with van der Waals surface area (Å²) in [5.41, 5.74) is 2.14. The molecule has 2 aliphatic heterocycles. The van der Waals surface area contributed by atoms with Crippen LogP contribution >= 0.6 is 0 Å². The maximum Gasteiger partial charge on any atom is 0.231 e. The summed E-state index contributed by atoms with van der Waals surface area (Å²) in [7, 11) is 4.89. The molecule has 0 fully saturated rings. The number of hydrogen-bond donors (Lipinski definition) is 0. The molecular weight excluding hydrogens is 398 g/mol. The normalized spacial score (nSPS) is 21.5. The second-order valence-electron chi connectivity index (χ2n) is 7.77. The first-order valence-electron chi connectivity index (χ1n) is 10.7. The van der Waals surface area contributed by atoms with Gasteiger partial charge in [-0.3, -0.25) is 4.90 Å². The van der Waals surface area contributed by atoms with E-state index in [-0.39, 0.29) is 24.9 Å². The number of rotatable bonds is 7. The highest BCUT2D eigenvalue weighted by Crippen LogP contribution is 2.51. The van der Waals surface area contributed by atoms with Crippen molar-refractivity contribution in [1.82, 2.24) is 4.90 Å². The smallest absolute Gasteiger partial charge is 0.231 e. The summed E-state index contributed by atoms with van der Waals surface area (Å²) in [5, 5.41) is 0. The third-order valence-electron chi connectivity index (χ3n) is 6.28. The molecule has 0 unspecified atom stereocenters. The Labute approximate surface area is 183 Å². The fourth-order valence-corrected chi connectivity index (χ4v) is 4.72. The van der Waals surface area contributed by atoms with E-state index in [4.69, 9.17) is 28.4 Å². The second kappa shape index (κ2) is 8.75. The molecule has 0 saturated heterocycles. The van der Waals surface area contributed by atoms with Gasteiger partial charge in [-0.1, -0.05) is 20.8 Å². The number of methoxy groups -OCH3 is 3. The minimum absolute atomic E-state index is 0.0394. The first-order valence-corrected chi connectivity index (χ1v) is 10.7. The molecule has 0 radical (unpaired) electrons. The van der Waals surface area contributed by atoms with Crippen LogP contribution in [-0.2, 0) is 0 Å². The van der Waals surface area contributed by atoms with Crippen LogP contribution in [0.5, 0.6) is 34.5 Å². The molecule has 2 aromatic rings. The summed E-state index contributed by atoms with van der Waals surface area (Å²) in [5.74, 6) is 4.34. The van der Waals surface area contributed by atoms with E-state index in [9.17, 15) is 0 Å². The summed E-state index contributed by atoms with van der Waals surface area (Å²) in [6.07, 6.45) is -0.0769. The summed E-state index contributed by atoms with van der Waals surface area (Å²) in [6.45, 7) is 8.56. The Bertz CT molecular complexity index is 917. The SMILES string of the molecule is CCN(CC)[C@H]1Oc2cc3c(cc2[C@@H](c2cc(OC)c(OC)c(OC)c2)[C@H]1C)OCO3. The maximum atomic E-state index is 6.53. The topological polar surface area (TPSA) is 58.6 Å². The van der Waals surface area contributed by atoms with Crippen molar-refractivity contribution in [2.75, 3.05) is 41.2 Å². The van der Waals surface area contributed by atoms with Crippen molar-refractivity contribution in [1.29, 1.82) is 0 Å². The van der Waals surface area contributed by atoms with Gasteiger partial charge in [-0.25, -0.2) is 0 Å². The molecule has 7 heteroatoms. The quantitative estimate of drug-likeness (QED) is 0.651. The molecule has 0 bridgehead atoms. The van der Waals surface area contributed by atoms with Crippen molar-refractivity contribution in [3.63, 3.8) is 0 Å². The lowest BCUT2D eigenvalue weighted by Gasteiger charge is -2.43. The standard InChI is InChI=1S/C24H31NO6/c1-7-25(8-2)24-14(3)22(15-9-20(26-4)23(28-6)21(10-15)27-5)16-11-18-19(30-13-29-18)12-17(16)31-24/h9-12,14,22,24H,7-8,13H2,1-6H3/t14-,22-,24+/m1/s1. The van der Waals surface area contributed by atoms with E-state index in [1.807, 2.05) is 24.3 Å². The van der Waals surface area contributed by atoms with Gasteiger partial charge in [0.05, 0.1) is 21.3 Å². The molecule has 7 nitrogen and oxygen atoms in total. The second-order valence-corrected chi connectivity index (χ2v) is 7.77. The highest BCUT2D eigenvalue weighted by Gasteiger charge is 2.40. The zero-order chi connectivity index (χ0) is 22.1. The van der Waals surface area contributed by atoms with Gasteiger partial charge in [-0.15, -0.1) is 0 Å². The molecule has 2 aromatic carbocycles. The minimum Gasteiger partial charge on any atom is -0.493 e. The third kappa shape index (κ3) is 3.61. The molecule has 0 amide bonds. The van der Waals surface area contributed by atoms with Crippen LogP contribution in [0.3, 0.4) is 0 Å². The molecule has 0 aromatic heterocycles. The lowest BCUT2D eigenvalue weighted by Crippen LogP contribution is -2.48. The van der Waals surface area contributed by atoms with Gasteiger partial charge in [0.25, 0.3) is 0 Å². The Hall–Kier alpha value is -2.80. The first-order chi connectivity index (χ1) is 15.1. The van der Waals surface area contributed by atoms with Crippen LogP contribution in [0, 0.1) is 5.92 Å². The van der Waals surface area contributed by atoms with Crippen molar-refractivity contribution in [3.8, 4) is 34.5 Å². The van der Waals surface area contributed by atoms with Gasteiger partial charge < -0.3 is 28.4 Å². The van der Waals surface area contributed by atoms with E-state index < -0.39 is 0 Å². The highest BCUT2D eigenvalue weighted by molar-refractivity contribution is 5.60. The van der Waals surface area contributed by atoms with Crippen LogP contribution in [0.2, 0.25) is 0 Å². The molecule has 0 aliphatic carbocycles. The molecule has 31 heavy (non-hydrogen) atoms. The third-order valence-corrected chi connectivity index (χ3v) is 6.28. The Kier molecular flexibility index (Phi) is 6.05. The summed E-state index contributed by atoms with van der Waals surface area (Å²) >= 11 is 0. The summed E-state index contributed by atoms with van der Waals surface area (Å²) in [6, 6.07) is 8.05. The van der Waals surface area contributed by atoms with Gasteiger partial charge in [-0.05, 0) is 36.9 Å². The van der Waals surface area contributed by atoms with Crippen LogP contribution in [-0.4, -0.2) is 52.3 Å². The van der Waals surface area contributed by atoms with Crippen molar-refractivity contribution in [3.05, 3.63) is 35.4 Å². The Morgan fingerprint density at radius 3 is 2.03 bits per heavy atom. The molecule has 168 valence electrons. The highest BCUT2D eigenvalue weighted by atomic mass is 16.7. The average Bonchev–Trinajstić information content (AvgIpc) is 3.25. The fourth-order valence-electron chi connectivity index (χ4n) is 4.72. The average molecular weight is 430 g/mol. The van der Waals surface area contributed by atoms with Crippen molar-refractivity contribution in [2.24, 2.45) is 5.92 Å². The Morgan fingerprint density at radius 1 is 0.871 bits per heavy atom. The lowest BCUT2D eigenvalue weighted by molar-refractivity contribution is -0.0257. The summed E-state index contributed by atoms with van der Waals surface area (Å²) < 4.78 is 34.6. The van der Waals surface area contributed by atoms with Crippen LogP contribution in [0.1, 0.15) is 37.8 Å². The molecule has 0 spiro atoms. The van der Waals surface area contributed by atoms with Crippen LogP contribution in [0.25, 0.3) is 0 Å². The molecule has 2 heterocycles. The zero-order valence-corrected chi connectivity index (χ0v) is 19.1. The molecule has 0 saturated carbocycles. The first kappa shape index (κ1) is 21.4. The van der Waals surface area contributed by atoms with Crippen LogP contribution in [0.15, 0.2) is 24.3 Å². The minimum atomic E-state index is -0.0769. The maximum absolute atomic E-state index is 6.53.